The molecule has 0 aliphatic carbocycles. The first-order valence-corrected chi connectivity index (χ1v) is 11.3. The summed E-state index contributed by atoms with van der Waals surface area (Å²) in [5, 5.41) is 6.63. The summed E-state index contributed by atoms with van der Waals surface area (Å²) in [6.45, 7) is 5.33. The number of carbonyl (C=O) groups is 2. The average molecular weight is 458 g/mol. The van der Waals surface area contributed by atoms with Crippen LogP contribution in [0.2, 0.25) is 5.02 Å². The summed E-state index contributed by atoms with van der Waals surface area (Å²) in [6.07, 6.45) is 1.82. The fourth-order valence-corrected chi connectivity index (χ4v) is 4.17. The Labute approximate surface area is 194 Å². The minimum absolute atomic E-state index is 0.0147. The van der Waals surface area contributed by atoms with Crippen LogP contribution in [0.3, 0.4) is 0 Å². The zero-order chi connectivity index (χ0) is 22.4. The van der Waals surface area contributed by atoms with Crippen LogP contribution in [0, 0.1) is 5.92 Å². The third-order valence-corrected chi connectivity index (χ3v) is 6.10. The molecule has 0 radical (unpaired) electrons. The van der Waals surface area contributed by atoms with Gasteiger partial charge in [0.05, 0.1) is 0 Å². The zero-order valence-corrected chi connectivity index (χ0v) is 19.4. The number of benzene rings is 2. The van der Waals surface area contributed by atoms with Crippen LogP contribution in [-0.2, 0) is 4.79 Å². The van der Waals surface area contributed by atoms with Crippen LogP contribution in [0.15, 0.2) is 54.6 Å². The molecule has 3 rings (SSSR count). The van der Waals surface area contributed by atoms with E-state index in [4.69, 9.17) is 23.8 Å². The lowest BCUT2D eigenvalue weighted by Crippen LogP contribution is -2.55. The number of rotatable bonds is 5. The van der Waals surface area contributed by atoms with Gasteiger partial charge in [-0.05, 0) is 66.7 Å². The molecule has 1 saturated heterocycles. The van der Waals surface area contributed by atoms with Crippen LogP contribution < -0.4 is 10.6 Å². The molecule has 1 fully saturated rings. The van der Waals surface area contributed by atoms with Gasteiger partial charge in [-0.3, -0.25) is 14.9 Å². The molecule has 0 spiro atoms. The number of carbonyl (C=O) groups excluding carboxylic acids is 2. The van der Waals surface area contributed by atoms with Crippen molar-refractivity contribution >= 4 is 40.7 Å². The van der Waals surface area contributed by atoms with E-state index in [1.54, 1.807) is 24.3 Å². The molecule has 7 heteroatoms. The molecule has 2 N–H and O–H groups in total. The topological polar surface area (TPSA) is 61.4 Å². The van der Waals surface area contributed by atoms with Crippen molar-refractivity contribution in [2.24, 2.45) is 5.92 Å². The van der Waals surface area contributed by atoms with E-state index < -0.39 is 6.04 Å². The van der Waals surface area contributed by atoms with Crippen molar-refractivity contribution in [1.29, 1.82) is 0 Å². The minimum atomic E-state index is -0.490. The van der Waals surface area contributed by atoms with Crippen LogP contribution in [-0.4, -0.2) is 41.0 Å². The number of halogens is 1. The molecule has 5 nitrogen and oxygen atoms in total. The molecule has 164 valence electrons. The fourth-order valence-electron chi connectivity index (χ4n) is 3.82. The Morgan fingerprint density at radius 1 is 1.03 bits per heavy atom. The van der Waals surface area contributed by atoms with E-state index >= 15 is 0 Å². The maximum Gasteiger partial charge on any atom is 0.257 e. The molecule has 2 aromatic rings. The Balaban J connectivity index is 1.56. The zero-order valence-electron chi connectivity index (χ0n) is 17.8. The lowest BCUT2D eigenvalue weighted by Gasteiger charge is -2.36. The quantitative estimate of drug-likeness (QED) is 0.654. The van der Waals surface area contributed by atoms with Gasteiger partial charge in [0.25, 0.3) is 5.91 Å². The molecule has 0 saturated carbocycles. The number of nitrogens with zero attached hydrogens (tertiary/aromatic N) is 1. The summed E-state index contributed by atoms with van der Waals surface area (Å²) >= 11 is 11.3. The highest BCUT2D eigenvalue weighted by atomic mass is 35.5. The van der Waals surface area contributed by atoms with E-state index in [9.17, 15) is 9.59 Å². The highest BCUT2D eigenvalue weighted by Gasteiger charge is 2.31. The normalized spacial score (nSPS) is 15.4. The lowest BCUT2D eigenvalue weighted by molar-refractivity contribution is -0.135. The molecule has 2 amide bonds. The average Bonchev–Trinajstić information content (AvgIpc) is 2.78. The van der Waals surface area contributed by atoms with Crippen molar-refractivity contribution in [3.05, 3.63) is 70.7 Å². The summed E-state index contributed by atoms with van der Waals surface area (Å²) < 4.78 is 0. The number of thiocarbonyl (C=S) groups is 1. The molecule has 1 atom stereocenters. The van der Waals surface area contributed by atoms with Gasteiger partial charge in [-0.25, -0.2) is 0 Å². The Hall–Kier alpha value is -2.44. The molecule has 1 heterocycles. The van der Waals surface area contributed by atoms with Gasteiger partial charge in [0, 0.05) is 23.7 Å². The van der Waals surface area contributed by atoms with Gasteiger partial charge in [0.2, 0.25) is 5.91 Å². The molecule has 2 aromatic carbocycles. The van der Waals surface area contributed by atoms with Crippen LogP contribution in [0.4, 0.5) is 0 Å². The van der Waals surface area contributed by atoms with Crippen LogP contribution in [0.1, 0.15) is 48.5 Å². The second kappa shape index (κ2) is 10.7. The van der Waals surface area contributed by atoms with Gasteiger partial charge in [-0.15, -0.1) is 0 Å². The Morgan fingerprint density at radius 3 is 2.23 bits per heavy atom. The predicted octanol–water partition coefficient (Wildman–Crippen LogP) is 4.38. The second-order valence-corrected chi connectivity index (χ2v) is 9.01. The van der Waals surface area contributed by atoms with Gasteiger partial charge in [0.1, 0.15) is 6.04 Å². The van der Waals surface area contributed by atoms with Crippen LogP contribution >= 0.6 is 23.8 Å². The van der Waals surface area contributed by atoms with E-state index in [1.165, 1.54) is 5.56 Å². The standard InChI is InChI=1S/C24H28ClN3O2S/c1-16(2)21(26-24(31)27-22(29)19-6-4-3-5-7-19)23(30)28-14-12-18(13-15-28)17-8-10-20(25)11-9-17/h3-11,16,18,21H,12-15H2,1-2H3,(H2,26,27,29,31)/t21-/m1/s1. The van der Waals surface area contributed by atoms with Crippen molar-refractivity contribution in [2.75, 3.05) is 13.1 Å². The third-order valence-electron chi connectivity index (χ3n) is 5.63. The van der Waals surface area contributed by atoms with Crippen LogP contribution in [0.5, 0.6) is 0 Å². The number of likely N-dealkylation sites (tertiary alicyclic amines) is 1. The van der Waals surface area contributed by atoms with E-state index in [2.05, 4.69) is 22.8 Å². The molecular weight excluding hydrogens is 430 g/mol. The van der Waals surface area contributed by atoms with Gasteiger partial charge in [-0.1, -0.05) is 55.8 Å². The highest BCUT2D eigenvalue weighted by Crippen LogP contribution is 2.29. The summed E-state index contributed by atoms with van der Waals surface area (Å²) in [4.78, 5) is 27.4. The van der Waals surface area contributed by atoms with Crippen LogP contribution in [0.25, 0.3) is 0 Å². The maximum atomic E-state index is 13.2. The van der Waals surface area contributed by atoms with Gasteiger partial charge in [0.15, 0.2) is 5.11 Å². The first-order valence-electron chi connectivity index (χ1n) is 10.6. The first-order chi connectivity index (χ1) is 14.8. The molecule has 0 aromatic heterocycles. The Kier molecular flexibility index (Phi) is 8.04. The number of piperidine rings is 1. The predicted molar refractivity (Wildman–Crippen MR) is 128 cm³/mol. The molecule has 31 heavy (non-hydrogen) atoms. The molecule has 0 bridgehead atoms. The van der Waals surface area contributed by atoms with E-state index in [0.29, 0.717) is 24.6 Å². The smallest absolute Gasteiger partial charge is 0.257 e. The fraction of sp³-hybridized carbons (Fsp3) is 0.375. The van der Waals surface area contributed by atoms with Gasteiger partial charge in [-0.2, -0.15) is 0 Å². The lowest BCUT2D eigenvalue weighted by atomic mass is 9.89. The van der Waals surface area contributed by atoms with Gasteiger partial charge >= 0.3 is 0 Å². The highest BCUT2D eigenvalue weighted by molar-refractivity contribution is 7.80. The molecule has 1 aliphatic rings. The van der Waals surface area contributed by atoms with Crippen molar-refractivity contribution in [1.82, 2.24) is 15.5 Å². The number of nitrogens with one attached hydrogen (secondary N) is 2. The first kappa shape index (κ1) is 23.2. The van der Waals surface area contributed by atoms with Crippen molar-refractivity contribution < 1.29 is 9.59 Å². The summed E-state index contributed by atoms with van der Waals surface area (Å²) in [7, 11) is 0. The van der Waals surface area contributed by atoms with E-state index in [-0.39, 0.29) is 22.8 Å². The van der Waals surface area contributed by atoms with E-state index in [0.717, 1.165) is 17.9 Å². The molecule has 1 aliphatic heterocycles. The van der Waals surface area contributed by atoms with E-state index in [1.807, 2.05) is 36.9 Å². The maximum absolute atomic E-state index is 13.2. The minimum Gasteiger partial charge on any atom is -0.350 e. The summed E-state index contributed by atoms with van der Waals surface area (Å²) in [5.74, 6) is 0.170. The summed E-state index contributed by atoms with van der Waals surface area (Å²) in [5.41, 5.74) is 1.78. The number of hydrogen-bond donors (Lipinski definition) is 2. The Bertz CT molecular complexity index is 910. The van der Waals surface area contributed by atoms with Gasteiger partial charge < -0.3 is 10.2 Å². The number of amides is 2. The monoisotopic (exact) mass is 457 g/mol. The largest absolute Gasteiger partial charge is 0.350 e. The molecule has 0 unspecified atom stereocenters. The van der Waals surface area contributed by atoms with Crippen molar-refractivity contribution in [3.63, 3.8) is 0 Å². The summed E-state index contributed by atoms with van der Waals surface area (Å²) in [6, 6.07) is 16.3. The number of hydrogen-bond acceptors (Lipinski definition) is 3. The SMILES string of the molecule is CC(C)[C@@H](NC(=S)NC(=O)c1ccccc1)C(=O)N1CCC(c2ccc(Cl)cc2)CC1. The Morgan fingerprint density at radius 2 is 1.65 bits per heavy atom. The van der Waals surface area contributed by atoms with Crippen molar-refractivity contribution in [3.8, 4) is 0 Å². The third kappa shape index (κ3) is 6.28. The molecular formula is C24H28ClN3O2S. The van der Waals surface area contributed by atoms with Crippen molar-refractivity contribution in [2.45, 2.75) is 38.6 Å². The second-order valence-electron chi connectivity index (χ2n) is 8.17.